The molecule has 7 heteroatoms. The number of hydrogen-bond donors (Lipinski definition) is 0. The molecule has 3 rings (SSSR count). The van der Waals surface area contributed by atoms with E-state index in [9.17, 15) is 4.91 Å². The van der Waals surface area contributed by atoms with Gasteiger partial charge in [0, 0.05) is 45.1 Å². The van der Waals surface area contributed by atoms with Gasteiger partial charge in [-0.2, -0.15) is 0 Å². The highest BCUT2D eigenvalue weighted by Crippen LogP contribution is 2.31. The van der Waals surface area contributed by atoms with Crippen molar-refractivity contribution >= 4 is 23.2 Å². The summed E-state index contributed by atoms with van der Waals surface area (Å²) in [6, 6.07) is 5.51. The number of rotatable bonds is 4. The molecule has 1 aliphatic rings. The Morgan fingerprint density at radius 1 is 1.29 bits per heavy atom. The molecule has 0 radical (unpaired) electrons. The number of nitrogens with zero attached hydrogens (tertiary/aromatic N) is 6. The molecule has 0 unspecified atom stereocenters. The maximum Gasteiger partial charge on any atom is 0.204 e. The van der Waals surface area contributed by atoms with Crippen LogP contribution in [0.3, 0.4) is 0 Å². The summed E-state index contributed by atoms with van der Waals surface area (Å²) < 4.78 is 1.62. The van der Waals surface area contributed by atoms with E-state index in [0.717, 1.165) is 32.7 Å². The molecule has 0 N–H and O–H groups in total. The molecule has 3 heterocycles. The number of aliphatic imine (C=N–C) groups is 1. The Labute approximate surface area is 122 Å². The van der Waals surface area contributed by atoms with Crippen LogP contribution in [0.1, 0.15) is 0 Å². The smallest absolute Gasteiger partial charge is 0.204 e. The Morgan fingerprint density at radius 3 is 2.86 bits per heavy atom. The van der Waals surface area contributed by atoms with E-state index in [0.29, 0.717) is 17.0 Å². The van der Waals surface area contributed by atoms with E-state index in [1.54, 1.807) is 10.7 Å². The molecule has 110 valence electrons. The normalized spacial score (nSPS) is 17.8. The molecule has 2 aromatic rings. The number of nitroso groups, excluding NO2 is 1. The monoisotopic (exact) mass is 286 g/mol. The minimum Gasteiger partial charge on any atom is -0.304 e. The number of likely N-dealkylation sites (N-methyl/N-ethyl adjacent to an activating group) is 1. The lowest BCUT2D eigenvalue weighted by Crippen LogP contribution is -2.44. The molecule has 1 fully saturated rings. The Bertz CT molecular complexity index is 657. The van der Waals surface area contributed by atoms with Gasteiger partial charge in [-0.25, -0.2) is 9.51 Å². The summed E-state index contributed by atoms with van der Waals surface area (Å²) in [7, 11) is 2.13. The van der Waals surface area contributed by atoms with Gasteiger partial charge in [0.05, 0.1) is 5.52 Å². The highest BCUT2D eigenvalue weighted by Gasteiger charge is 2.14. The first-order valence-electron chi connectivity index (χ1n) is 7.02. The summed E-state index contributed by atoms with van der Waals surface area (Å²) in [4.78, 5) is 20.0. The quantitative estimate of drug-likeness (QED) is 0.633. The number of hydrogen-bond acceptors (Lipinski definition) is 6. The lowest BCUT2D eigenvalue weighted by molar-refractivity contribution is 0.171. The molecule has 7 nitrogen and oxygen atoms in total. The highest BCUT2D eigenvalue weighted by atomic mass is 16.3. The van der Waals surface area contributed by atoms with Gasteiger partial charge < -0.3 is 4.90 Å². The summed E-state index contributed by atoms with van der Waals surface area (Å²) in [5, 5.41) is 7.34. The SMILES string of the molecule is CN1CCN(C/C=N/c2nn3ccccc3c2N=O)CC1. The van der Waals surface area contributed by atoms with E-state index in [-0.39, 0.29) is 0 Å². The zero-order valence-corrected chi connectivity index (χ0v) is 12.0. The summed E-state index contributed by atoms with van der Waals surface area (Å²) in [6.45, 7) is 4.98. The molecule has 0 bridgehead atoms. The van der Waals surface area contributed by atoms with Gasteiger partial charge in [0.2, 0.25) is 5.82 Å². The summed E-state index contributed by atoms with van der Waals surface area (Å²) in [5.74, 6) is 0.380. The van der Waals surface area contributed by atoms with Gasteiger partial charge >= 0.3 is 0 Å². The molecule has 21 heavy (non-hydrogen) atoms. The summed E-state index contributed by atoms with van der Waals surface area (Å²) >= 11 is 0. The second kappa shape index (κ2) is 6.11. The van der Waals surface area contributed by atoms with Crippen LogP contribution in [0.4, 0.5) is 11.5 Å². The van der Waals surface area contributed by atoms with Gasteiger partial charge in [-0.15, -0.1) is 10.0 Å². The van der Waals surface area contributed by atoms with E-state index >= 15 is 0 Å². The molecule has 1 aliphatic heterocycles. The van der Waals surface area contributed by atoms with E-state index in [4.69, 9.17) is 0 Å². The van der Waals surface area contributed by atoms with Crippen LogP contribution in [-0.4, -0.2) is 65.4 Å². The molecule has 0 aromatic carbocycles. The average molecular weight is 286 g/mol. The van der Waals surface area contributed by atoms with Crippen LogP contribution in [0.5, 0.6) is 0 Å². The molecule has 0 amide bonds. The van der Waals surface area contributed by atoms with Gasteiger partial charge in [-0.05, 0) is 24.4 Å². The van der Waals surface area contributed by atoms with Crippen molar-refractivity contribution in [2.45, 2.75) is 0 Å². The van der Waals surface area contributed by atoms with Crippen LogP contribution in [0.2, 0.25) is 0 Å². The van der Waals surface area contributed by atoms with Crippen molar-refractivity contribution < 1.29 is 0 Å². The fourth-order valence-electron chi connectivity index (χ4n) is 2.42. The lowest BCUT2D eigenvalue weighted by Gasteiger charge is -2.31. The first-order chi connectivity index (χ1) is 10.3. The Balaban J connectivity index is 1.72. The molecule has 1 saturated heterocycles. The third kappa shape index (κ3) is 2.98. The fraction of sp³-hybridized carbons (Fsp3) is 0.429. The summed E-state index contributed by atoms with van der Waals surface area (Å²) in [6.07, 6.45) is 3.59. The maximum absolute atomic E-state index is 11.0. The number of fused-ring (bicyclic) bond motifs is 1. The molecular formula is C14H18N6O. The molecule has 0 aliphatic carbocycles. The van der Waals surface area contributed by atoms with Gasteiger partial charge in [-0.1, -0.05) is 6.07 Å². The fourth-order valence-corrected chi connectivity index (χ4v) is 2.42. The number of aromatic nitrogens is 2. The largest absolute Gasteiger partial charge is 0.304 e. The van der Waals surface area contributed by atoms with Crippen molar-refractivity contribution in [1.29, 1.82) is 0 Å². The molecule has 0 saturated carbocycles. The van der Waals surface area contributed by atoms with Gasteiger partial charge in [-0.3, -0.25) is 4.90 Å². The van der Waals surface area contributed by atoms with Crippen LogP contribution in [0, 0.1) is 4.91 Å². The Hall–Kier alpha value is -2.12. The van der Waals surface area contributed by atoms with Crippen LogP contribution in [0.15, 0.2) is 34.6 Å². The van der Waals surface area contributed by atoms with E-state index in [1.807, 2.05) is 24.4 Å². The minimum absolute atomic E-state index is 0.297. The van der Waals surface area contributed by atoms with Crippen LogP contribution in [0.25, 0.3) is 5.52 Å². The van der Waals surface area contributed by atoms with Gasteiger partial charge in [0.25, 0.3) is 0 Å². The van der Waals surface area contributed by atoms with Crippen LogP contribution in [-0.2, 0) is 0 Å². The predicted molar refractivity (Wildman–Crippen MR) is 82.7 cm³/mol. The van der Waals surface area contributed by atoms with E-state index in [1.165, 1.54) is 0 Å². The standard InChI is InChI=1S/C14H18N6O/c1-18-8-10-19(11-9-18)7-5-15-14-13(17-21)12-4-2-3-6-20(12)16-14/h2-6H,7-11H2,1H3/b15-5+. The minimum atomic E-state index is 0.297. The maximum atomic E-state index is 11.0. The highest BCUT2D eigenvalue weighted by molar-refractivity contribution is 5.80. The number of piperazine rings is 1. The molecule has 2 aromatic heterocycles. The molecule has 0 spiro atoms. The summed E-state index contributed by atoms with van der Waals surface area (Å²) in [5.41, 5.74) is 0.976. The zero-order chi connectivity index (χ0) is 14.7. The topological polar surface area (TPSA) is 65.6 Å². The van der Waals surface area contributed by atoms with E-state index in [2.05, 4.69) is 32.1 Å². The van der Waals surface area contributed by atoms with Crippen molar-refractivity contribution in [2.24, 2.45) is 10.2 Å². The third-order valence-corrected chi connectivity index (χ3v) is 3.74. The molecular weight excluding hydrogens is 268 g/mol. The first kappa shape index (κ1) is 13.8. The molecule has 0 atom stereocenters. The first-order valence-corrected chi connectivity index (χ1v) is 7.02. The van der Waals surface area contributed by atoms with Crippen LogP contribution >= 0.6 is 0 Å². The van der Waals surface area contributed by atoms with Crippen molar-refractivity contribution in [3.63, 3.8) is 0 Å². The third-order valence-electron chi connectivity index (χ3n) is 3.74. The van der Waals surface area contributed by atoms with Crippen molar-refractivity contribution in [1.82, 2.24) is 19.4 Å². The van der Waals surface area contributed by atoms with Crippen molar-refractivity contribution in [3.05, 3.63) is 29.3 Å². The Morgan fingerprint density at radius 2 is 2.10 bits per heavy atom. The lowest BCUT2D eigenvalue weighted by atomic mass is 10.3. The average Bonchev–Trinajstić information content (AvgIpc) is 2.86. The van der Waals surface area contributed by atoms with Gasteiger partial charge in [0.1, 0.15) is 0 Å². The zero-order valence-electron chi connectivity index (χ0n) is 12.0. The van der Waals surface area contributed by atoms with Crippen molar-refractivity contribution in [3.8, 4) is 0 Å². The van der Waals surface area contributed by atoms with Gasteiger partial charge in [0.15, 0.2) is 5.69 Å². The Kier molecular flexibility index (Phi) is 4.03. The van der Waals surface area contributed by atoms with E-state index < -0.39 is 0 Å². The number of pyridine rings is 1. The predicted octanol–water partition coefficient (Wildman–Crippen LogP) is 1.68. The van der Waals surface area contributed by atoms with Crippen LogP contribution < -0.4 is 0 Å². The van der Waals surface area contributed by atoms with Crippen molar-refractivity contribution in [2.75, 3.05) is 39.8 Å². The second-order valence-corrected chi connectivity index (χ2v) is 5.21. The second-order valence-electron chi connectivity index (χ2n) is 5.21.